The number of rotatable bonds is 11. The first-order chi connectivity index (χ1) is 15.3. The molecule has 1 atom stereocenters. The summed E-state index contributed by atoms with van der Waals surface area (Å²) in [4.78, 5) is 37.2. The first kappa shape index (κ1) is 24.7. The second-order valence-electron chi connectivity index (χ2n) is 7.38. The van der Waals surface area contributed by atoms with Crippen LogP contribution in [0, 0.1) is 5.92 Å². The number of para-hydroxylation sites is 1. The highest BCUT2D eigenvalue weighted by Gasteiger charge is 2.26. The molecule has 0 bridgehead atoms. The van der Waals surface area contributed by atoms with Gasteiger partial charge in [-0.1, -0.05) is 26.0 Å². The molecule has 0 saturated carbocycles. The third-order valence-electron chi connectivity index (χ3n) is 4.53. The summed E-state index contributed by atoms with van der Waals surface area (Å²) in [6, 6.07) is 12.9. The summed E-state index contributed by atoms with van der Waals surface area (Å²) in [5.74, 6) is -0.0754. The zero-order valence-electron chi connectivity index (χ0n) is 18.9. The maximum atomic E-state index is 12.9. The lowest BCUT2D eigenvalue weighted by Gasteiger charge is -2.22. The van der Waals surface area contributed by atoms with Crippen LogP contribution in [0.2, 0.25) is 0 Å². The number of likely N-dealkylation sites (N-methyl/N-ethyl adjacent to an activating group) is 1. The summed E-state index contributed by atoms with van der Waals surface area (Å²) < 4.78 is 10.9. The quantitative estimate of drug-likeness (QED) is 0.497. The molecular formula is C24H31N3O5. The molecule has 32 heavy (non-hydrogen) atoms. The SMILES string of the molecule is CCNC(=O)COc1ccc(NC(=O)C(NC(=O)c2ccccc2OCC)C(C)C)cc1. The van der Waals surface area contributed by atoms with E-state index in [2.05, 4.69) is 16.0 Å². The second kappa shape index (κ2) is 12.3. The number of carbonyl (C=O) groups is 3. The minimum atomic E-state index is -0.745. The Hall–Kier alpha value is -3.55. The van der Waals surface area contributed by atoms with E-state index >= 15 is 0 Å². The Balaban J connectivity index is 2.01. The Morgan fingerprint density at radius 3 is 2.25 bits per heavy atom. The predicted octanol–water partition coefficient (Wildman–Crippen LogP) is 2.99. The fourth-order valence-corrected chi connectivity index (χ4v) is 2.94. The Labute approximate surface area is 188 Å². The number of anilines is 1. The number of nitrogens with one attached hydrogen (secondary N) is 3. The molecule has 3 amide bonds. The van der Waals surface area contributed by atoms with E-state index in [1.54, 1.807) is 48.5 Å². The smallest absolute Gasteiger partial charge is 0.257 e. The number of carbonyl (C=O) groups excluding carboxylic acids is 3. The molecule has 3 N–H and O–H groups in total. The van der Waals surface area contributed by atoms with Crippen molar-refractivity contribution in [3.05, 3.63) is 54.1 Å². The van der Waals surface area contributed by atoms with E-state index in [1.807, 2.05) is 27.7 Å². The third-order valence-corrected chi connectivity index (χ3v) is 4.53. The van der Waals surface area contributed by atoms with Gasteiger partial charge in [-0.15, -0.1) is 0 Å². The van der Waals surface area contributed by atoms with Crippen LogP contribution in [0.25, 0.3) is 0 Å². The molecule has 8 nitrogen and oxygen atoms in total. The Bertz CT molecular complexity index is 912. The highest BCUT2D eigenvalue weighted by molar-refractivity contribution is 6.02. The van der Waals surface area contributed by atoms with Gasteiger partial charge in [-0.2, -0.15) is 0 Å². The maximum Gasteiger partial charge on any atom is 0.257 e. The van der Waals surface area contributed by atoms with E-state index in [1.165, 1.54) is 0 Å². The normalized spacial score (nSPS) is 11.4. The van der Waals surface area contributed by atoms with Gasteiger partial charge in [-0.05, 0) is 56.2 Å². The molecule has 0 fully saturated rings. The lowest BCUT2D eigenvalue weighted by Crippen LogP contribution is -2.47. The molecule has 2 rings (SSSR count). The number of benzene rings is 2. The summed E-state index contributed by atoms with van der Waals surface area (Å²) in [5, 5.41) is 8.27. The van der Waals surface area contributed by atoms with Crippen LogP contribution in [-0.2, 0) is 9.59 Å². The monoisotopic (exact) mass is 441 g/mol. The number of hydrogen-bond acceptors (Lipinski definition) is 5. The molecule has 2 aromatic rings. The fourth-order valence-electron chi connectivity index (χ4n) is 2.94. The average molecular weight is 442 g/mol. The van der Waals surface area contributed by atoms with E-state index < -0.39 is 6.04 Å². The number of ether oxygens (including phenoxy) is 2. The lowest BCUT2D eigenvalue weighted by atomic mass is 10.0. The standard InChI is InChI=1S/C24H31N3O5/c1-5-25-21(28)15-32-18-13-11-17(12-14-18)26-24(30)22(16(3)4)27-23(29)19-9-7-8-10-20(19)31-6-2/h7-14,16,22H,5-6,15H2,1-4H3,(H,25,28)(H,26,30)(H,27,29). The van der Waals surface area contributed by atoms with Crippen LogP contribution in [0.4, 0.5) is 5.69 Å². The van der Waals surface area contributed by atoms with Crippen molar-refractivity contribution < 1.29 is 23.9 Å². The van der Waals surface area contributed by atoms with Crippen LogP contribution < -0.4 is 25.4 Å². The first-order valence-corrected chi connectivity index (χ1v) is 10.7. The molecule has 0 aliphatic rings. The Kier molecular flexibility index (Phi) is 9.53. The zero-order chi connectivity index (χ0) is 23.5. The summed E-state index contributed by atoms with van der Waals surface area (Å²) >= 11 is 0. The van der Waals surface area contributed by atoms with Crippen molar-refractivity contribution in [2.75, 3.05) is 25.1 Å². The van der Waals surface area contributed by atoms with Gasteiger partial charge >= 0.3 is 0 Å². The van der Waals surface area contributed by atoms with E-state index in [9.17, 15) is 14.4 Å². The molecule has 0 saturated heterocycles. The summed E-state index contributed by atoms with van der Waals surface area (Å²) in [5.41, 5.74) is 0.927. The van der Waals surface area contributed by atoms with Gasteiger partial charge in [-0.25, -0.2) is 0 Å². The van der Waals surface area contributed by atoms with Crippen molar-refractivity contribution in [2.45, 2.75) is 33.7 Å². The van der Waals surface area contributed by atoms with Crippen molar-refractivity contribution in [3.63, 3.8) is 0 Å². The van der Waals surface area contributed by atoms with Crippen molar-refractivity contribution in [3.8, 4) is 11.5 Å². The van der Waals surface area contributed by atoms with Crippen molar-refractivity contribution in [1.82, 2.24) is 10.6 Å². The van der Waals surface area contributed by atoms with Gasteiger partial charge in [-0.3, -0.25) is 14.4 Å². The summed E-state index contributed by atoms with van der Waals surface area (Å²) in [6.45, 7) is 8.29. The van der Waals surface area contributed by atoms with E-state index in [0.29, 0.717) is 35.9 Å². The fraction of sp³-hybridized carbons (Fsp3) is 0.375. The van der Waals surface area contributed by atoms with Crippen molar-refractivity contribution in [2.24, 2.45) is 5.92 Å². The summed E-state index contributed by atoms with van der Waals surface area (Å²) in [7, 11) is 0. The van der Waals surface area contributed by atoms with Gasteiger partial charge in [0.25, 0.3) is 11.8 Å². The van der Waals surface area contributed by atoms with Gasteiger partial charge < -0.3 is 25.4 Å². The molecular weight excluding hydrogens is 410 g/mol. The largest absolute Gasteiger partial charge is 0.493 e. The average Bonchev–Trinajstić information content (AvgIpc) is 2.77. The molecule has 0 spiro atoms. The second-order valence-corrected chi connectivity index (χ2v) is 7.38. The minimum absolute atomic E-state index is 0.0791. The third kappa shape index (κ3) is 7.30. The first-order valence-electron chi connectivity index (χ1n) is 10.7. The molecule has 0 aromatic heterocycles. The van der Waals surface area contributed by atoms with Crippen LogP contribution in [0.1, 0.15) is 38.1 Å². The topological polar surface area (TPSA) is 106 Å². The molecule has 2 aromatic carbocycles. The predicted molar refractivity (Wildman–Crippen MR) is 123 cm³/mol. The Morgan fingerprint density at radius 1 is 0.938 bits per heavy atom. The molecule has 0 aliphatic carbocycles. The number of hydrogen-bond donors (Lipinski definition) is 3. The lowest BCUT2D eigenvalue weighted by molar-refractivity contribution is -0.123. The van der Waals surface area contributed by atoms with Crippen LogP contribution >= 0.6 is 0 Å². The highest BCUT2D eigenvalue weighted by atomic mass is 16.5. The molecule has 0 heterocycles. The van der Waals surface area contributed by atoms with E-state index in [4.69, 9.17) is 9.47 Å². The summed E-state index contributed by atoms with van der Waals surface area (Å²) in [6.07, 6.45) is 0. The van der Waals surface area contributed by atoms with Gasteiger partial charge in [0.2, 0.25) is 5.91 Å². The van der Waals surface area contributed by atoms with Gasteiger partial charge in [0.15, 0.2) is 6.61 Å². The van der Waals surface area contributed by atoms with E-state index in [-0.39, 0.29) is 30.2 Å². The minimum Gasteiger partial charge on any atom is -0.493 e. The highest BCUT2D eigenvalue weighted by Crippen LogP contribution is 2.19. The van der Waals surface area contributed by atoms with Crippen LogP contribution in [-0.4, -0.2) is 43.5 Å². The molecule has 0 radical (unpaired) electrons. The van der Waals surface area contributed by atoms with Gasteiger partial charge in [0.1, 0.15) is 17.5 Å². The van der Waals surface area contributed by atoms with Crippen LogP contribution in [0.15, 0.2) is 48.5 Å². The van der Waals surface area contributed by atoms with Gasteiger partial charge in [0.05, 0.1) is 12.2 Å². The van der Waals surface area contributed by atoms with Crippen LogP contribution in [0.3, 0.4) is 0 Å². The van der Waals surface area contributed by atoms with Crippen LogP contribution in [0.5, 0.6) is 11.5 Å². The Morgan fingerprint density at radius 2 is 1.62 bits per heavy atom. The van der Waals surface area contributed by atoms with Crippen molar-refractivity contribution >= 4 is 23.4 Å². The maximum absolute atomic E-state index is 12.9. The molecule has 0 aliphatic heterocycles. The molecule has 1 unspecified atom stereocenters. The molecule has 8 heteroatoms. The zero-order valence-corrected chi connectivity index (χ0v) is 18.9. The van der Waals surface area contributed by atoms with Gasteiger partial charge in [0, 0.05) is 12.2 Å². The molecule has 172 valence electrons. The van der Waals surface area contributed by atoms with E-state index in [0.717, 1.165) is 0 Å². The van der Waals surface area contributed by atoms with Crippen molar-refractivity contribution in [1.29, 1.82) is 0 Å². The number of amides is 3.